The van der Waals surface area contributed by atoms with E-state index in [4.69, 9.17) is 16.3 Å². The largest absolute Gasteiger partial charge is 0.445 e. The molecule has 0 aliphatic heterocycles. The van der Waals surface area contributed by atoms with Crippen LogP contribution in [0.5, 0.6) is 0 Å². The van der Waals surface area contributed by atoms with Crippen LogP contribution in [0.25, 0.3) is 0 Å². The lowest BCUT2D eigenvalue weighted by atomic mass is 10.1. The van der Waals surface area contributed by atoms with E-state index in [0.717, 1.165) is 5.56 Å². The number of unbranched alkanes of at least 4 members (excludes halogenated alkanes) is 1. The number of halogens is 1. The van der Waals surface area contributed by atoms with Gasteiger partial charge in [-0.25, -0.2) is 17.9 Å². The number of benzene rings is 2. The molecular weight excluding hydrogens is 452 g/mol. The second kappa shape index (κ2) is 12.0. The smallest absolute Gasteiger partial charge is 0.407 e. The standard InChI is InChI=1S/C23H29ClN2O5S/c1-16-12-17(2)22(18(3)13-16)32(29,30)26-20(14-27)9-6-7-11-25-23(28)31-15-19-8-4-5-10-21(19)24/h4-5,8,10,12-14,20,26H,6-7,9,11,15H2,1-3H3,(H,25,28)/t20-/m0/s1. The molecule has 1 amide bonds. The van der Waals surface area contributed by atoms with E-state index in [-0.39, 0.29) is 11.5 Å². The zero-order valence-corrected chi connectivity index (χ0v) is 20.1. The fraction of sp³-hybridized carbons (Fsp3) is 0.391. The topological polar surface area (TPSA) is 102 Å². The minimum absolute atomic E-state index is 0.0678. The van der Waals surface area contributed by atoms with Gasteiger partial charge in [0, 0.05) is 17.1 Å². The third-order valence-corrected chi connectivity index (χ3v) is 7.04. The van der Waals surface area contributed by atoms with Crippen LogP contribution in [-0.4, -0.2) is 33.4 Å². The molecule has 0 saturated carbocycles. The highest BCUT2D eigenvalue weighted by atomic mass is 35.5. The Hall–Kier alpha value is -2.42. The summed E-state index contributed by atoms with van der Waals surface area (Å²) in [6, 6.07) is 9.85. The van der Waals surface area contributed by atoms with Gasteiger partial charge < -0.3 is 14.8 Å². The molecule has 2 rings (SSSR count). The molecular formula is C23H29ClN2O5S. The van der Waals surface area contributed by atoms with Crippen molar-refractivity contribution in [2.75, 3.05) is 6.54 Å². The fourth-order valence-corrected chi connectivity index (χ4v) is 5.34. The van der Waals surface area contributed by atoms with Crippen LogP contribution in [0, 0.1) is 20.8 Å². The fourth-order valence-electron chi connectivity index (χ4n) is 3.49. The SMILES string of the molecule is Cc1cc(C)c(S(=O)(=O)N[C@H](C=O)CCCCNC(=O)OCc2ccccc2Cl)c(C)c1. The number of nitrogens with one attached hydrogen (secondary N) is 2. The second-order valence-corrected chi connectivity index (χ2v) is 9.74. The first kappa shape index (κ1) is 25.8. The first-order chi connectivity index (χ1) is 15.1. The summed E-state index contributed by atoms with van der Waals surface area (Å²) < 4.78 is 33.2. The number of sulfonamides is 1. The molecule has 174 valence electrons. The Morgan fingerprint density at radius 2 is 1.78 bits per heavy atom. The van der Waals surface area contributed by atoms with Gasteiger partial charge in [0.15, 0.2) is 0 Å². The van der Waals surface area contributed by atoms with E-state index in [0.29, 0.717) is 53.8 Å². The lowest BCUT2D eigenvalue weighted by molar-refractivity contribution is -0.109. The average Bonchev–Trinajstić information content (AvgIpc) is 2.70. The molecule has 0 unspecified atom stereocenters. The van der Waals surface area contributed by atoms with Crippen molar-refractivity contribution in [3.63, 3.8) is 0 Å². The maximum absolute atomic E-state index is 12.8. The molecule has 0 heterocycles. The van der Waals surface area contributed by atoms with E-state index in [1.165, 1.54) is 0 Å². The molecule has 0 aliphatic rings. The number of carbonyl (C=O) groups is 2. The van der Waals surface area contributed by atoms with Gasteiger partial charge in [-0.05, 0) is 57.2 Å². The molecule has 2 aromatic carbocycles. The molecule has 2 N–H and O–H groups in total. The predicted molar refractivity (Wildman–Crippen MR) is 124 cm³/mol. The molecule has 7 nitrogen and oxygen atoms in total. The molecule has 2 aromatic rings. The molecule has 9 heteroatoms. The van der Waals surface area contributed by atoms with Crippen LogP contribution in [0.1, 0.15) is 41.5 Å². The summed E-state index contributed by atoms with van der Waals surface area (Å²) in [5, 5.41) is 3.15. The van der Waals surface area contributed by atoms with E-state index in [1.54, 1.807) is 44.2 Å². The molecule has 1 atom stereocenters. The molecule has 0 spiro atoms. The first-order valence-electron chi connectivity index (χ1n) is 10.3. The number of amides is 1. The van der Waals surface area contributed by atoms with Crippen LogP contribution < -0.4 is 10.0 Å². The summed E-state index contributed by atoms with van der Waals surface area (Å²) in [7, 11) is -3.82. The average molecular weight is 481 g/mol. The summed E-state index contributed by atoms with van der Waals surface area (Å²) in [5.41, 5.74) is 2.96. The number of carbonyl (C=O) groups excluding carboxylic acids is 2. The van der Waals surface area contributed by atoms with Crippen LogP contribution in [0.3, 0.4) is 0 Å². The van der Waals surface area contributed by atoms with Crippen molar-refractivity contribution in [2.45, 2.75) is 57.6 Å². The highest BCUT2D eigenvalue weighted by molar-refractivity contribution is 7.89. The van der Waals surface area contributed by atoms with Crippen LogP contribution in [0.4, 0.5) is 4.79 Å². The maximum Gasteiger partial charge on any atom is 0.407 e. The summed E-state index contributed by atoms with van der Waals surface area (Å²) in [6.45, 7) is 5.79. The van der Waals surface area contributed by atoms with Crippen LogP contribution in [0.15, 0.2) is 41.3 Å². The lowest BCUT2D eigenvalue weighted by Crippen LogP contribution is -2.36. The van der Waals surface area contributed by atoms with Crippen molar-refractivity contribution in [3.05, 3.63) is 63.7 Å². The molecule has 0 fully saturated rings. The van der Waals surface area contributed by atoms with E-state index >= 15 is 0 Å². The molecule has 0 bridgehead atoms. The van der Waals surface area contributed by atoms with Crippen LogP contribution in [0.2, 0.25) is 5.02 Å². The van der Waals surface area contributed by atoms with Crippen molar-refractivity contribution in [1.82, 2.24) is 10.0 Å². The lowest BCUT2D eigenvalue weighted by Gasteiger charge is -2.17. The maximum atomic E-state index is 12.8. The number of aryl methyl sites for hydroxylation is 3. The Kier molecular flexibility index (Phi) is 9.68. The Bertz CT molecular complexity index is 1030. The molecule has 0 saturated heterocycles. The highest BCUT2D eigenvalue weighted by Gasteiger charge is 2.23. The normalized spacial score (nSPS) is 12.2. The van der Waals surface area contributed by atoms with Crippen LogP contribution >= 0.6 is 11.6 Å². The number of alkyl carbamates (subject to hydrolysis) is 1. The van der Waals surface area contributed by atoms with Crippen molar-refractivity contribution >= 4 is 34.0 Å². The molecule has 32 heavy (non-hydrogen) atoms. The first-order valence-corrected chi connectivity index (χ1v) is 12.2. The Morgan fingerprint density at radius 3 is 2.41 bits per heavy atom. The van der Waals surface area contributed by atoms with E-state index in [9.17, 15) is 18.0 Å². The summed E-state index contributed by atoms with van der Waals surface area (Å²) in [5.74, 6) is 0. The Labute approximate surface area is 194 Å². The minimum atomic E-state index is -3.82. The number of rotatable bonds is 11. The Balaban J connectivity index is 1.76. The zero-order chi connectivity index (χ0) is 23.7. The van der Waals surface area contributed by atoms with Gasteiger partial charge in [0.25, 0.3) is 0 Å². The molecule has 0 aliphatic carbocycles. The van der Waals surface area contributed by atoms with E-state index in [2.05, 4.69) is 10.0 Å². The van der Waals surface area contributed by atoms with Gasteiger partial charge in [0.1, 0.15) is 12.9 Å². The van der Waals surface area contributed by atoms with Gasteiger partial charge in [0.05, 0.1) is 10.9 Å². The summed E-state index contributed by atoms with van der Waals surface area (Å²) in [4.78, 5) is 23.4. The van der Waals surface area contributed by atoms with Gasteiger partial charge in [-0.1, -0.05) is 47.5 Å². The number of aldehydes is 1. The monoisotopic (exact) mass is 480 g/mol. The minimum Gasteiger partial charge on any atom is -0.445 e. The van der Waals surface area contributed by atoms with E-state index in [1.807, 2.05) is 13.0 Å². The number of hydrogen-bond acceptors (Lipinski definition) is 5. The van der Waals surface area contributed by atoms with Gasteiger partial charge in [-0.15, -0.1) is 0 Å². The third-order valence-electron chi connectivity index (χ3n) is 4.87. The van der Waals surface area contributed by atoms with Gasteiger partial charge >= 0.3 is 6.09 Å². The van der Waals surface area contributed by atoms with Crippen molar-refractivity contribution in [2.24, 2.45) is 0 Å². The molecule has 0 aromatic heterocycles. The van der Waals surface area contributed by atoms with Crippen molar-refractivity contribution in [1.29, 1.82) is 0 Å². The highest BCUT2D eigenvalue weighted by Crippen LogP contribution is 2.22. The zero-order valence-electron chi connectivity index (χ0n) is 18.5. The van der Waals surface area contributed by atoms with E-state index < -0.39 is 22.2 Å². The Morgan fingerprint density at radius 1 is 1.12 bits per heavy atom. The summed E-state index contributed by atoms with van der Waals surface area (Å²) in [6.07, 6.45) is 1.46. The summed E-state index contributed by atoms with van der Waals surface area (Å²) >= 11 is 6.02. The van der Waals surface area contributed by atoms with Crippen LogP contribution in [-0.2, 0) is 26.2 Å². The number of ether oxygens (including phenoxy) is 1. The predicted octanol–water partition coefficient (Wildman–Crippen LogP) is 4.21. The van der Waals surface area contributed by atoms with Gasteiger partial charge in [0.2, 0.25) is 10.0 Å². The quantitative estimate of drug-likeness (QED) is 0.370. The van der Waals surface area contributed by atoms with Crippen molar-refractivity contribution in [3.8, 4) is 0 Å². The molecule has 0 radical (unpaired) electrons. The van der Waals surface area contributed by atoms with Crippen molar-refractivity contribution < 1.29 is 22.7 Å². The van der Waals surface area contributed by atoms with Gasteiger partial charge in [-0.2, -0.15) is 0 Å². The number of hydrogen-bond donors (Lipinski definition) is 2. The third kappa shape index (κ3) is 7.62. The second-order valence-electron chi connectivity index (χ2n) is 7.68. The van der Waals surface area contributed by atoms with Gasteiger partial charge in [-0.3, -0.25) is 0 Å².